The molecule has 0 radical (unpaired) electrons. The Morgan fingerprint density at radius 3 is 2.89 bits per heavy atom. The van der Waals surface area contributed by atoms with Gasteiger partial charge < -0.3 is 10.2 Å². The number of para-hydroxylation sites is 1. The molecular weight excluding hydrogens is 250 g/mol. The number of rotatable bonds is 5. The normalized spacial score (nSPS) is 10.8. The number of nitrogen functional groups attached to an aromatic ring is 1. The molecule has 0 unspecified atom stereocenters. The molecule has 0 spiro atoms. The Hall–Kier alpha value is -1.50. The van der Waals surface area contributed by atoms with Gasteiger partial charge in [-0.3, -0.25) is 10.2 Å². The van der Waals surface area contributed by atoms with Gasteiger partial charge in [0.25, 0.3) is 0 Å². The molecule has 1 heterocycles. The van der Waals surface area contributed by atoms with E-state index in [-0.39, 0.29) is 5.76 Å². The number of carbonyl (C=O) groups excluding carboxylic acids is 1. The fourth-order valence-corrected chi connectivity index (χ4v) is 2.55. The highest BCUT2D eigenvalue weighted by Crippen LogP contribution is 2.29. The molecule has 1 amide bonds. The zero-order chi connectivity index (χ0) is 13.0. The van der Waals surface area contributed by atoms with Crippen LogP contribution in [0, 0.1) is 0 Å². The van der Waals surface area contributed by atoms with Gasteiger partial charge in [0.15, 0.2) is 5.76 Å². The lowest BCUT2D eigenvalue weighted by atomic mass is 10.1. The Morgan fingerprint density at radius 1 is 1.39 bits per heavy atom. The van der Waals surface area contributed by atoms with Crippen molar-refractivity contribution in [2.75, 3.05) is 12.3 Å². The summed E-state index contributed by atoms with van der Waals surface area (Å²) in [6, 6.07) is 7.55. The summed E-state index contributed by atoms with van der Waals surface area (Å²) in [7, 11) is 0. The van der Waals surface area contributed by atoms with E-state index in [0.29, 0.717) is 17.9 Å². The van der Waals surface area contributed by atoms with Gasteiger partial charge in [-0.05, 0) is 6.07 Å². The molecule has 1 aromatic carbocycles. The Bertz CT molecular complexity index is 553. The van der Waals surface area contributed by atoms with Crippen LogP contribution in [0.1, 0.15) is 16.1 Å². The van der Waals surface area contributed by atoms with Crippen LogP contribution in [-0.4, -0.2) is 18.2 Å². The van der Waals surface area contributed by atoms with E-state index in [2.05, 4.69) is 5.43 Å². The lowest BCUT2D eigenvalue weighted by Crippen LogP contribution is -2.30. The largest absolute Gasteiger partial charge is 0.451 e. The molecule has 0 aliphatic carbocycles. The third-order valence-electron chi connectivity index (χ3n) is 2.54. The maximum atomic E-state index is 11.7. The van der Waals surface area contributed by atoms with Crippen LogP contribution in [0.4, 0.5) is 0 Å². The summed E-state index contributed by atoms with van der Waals surface area (Å²) < 4.78 is 5.55. The topological polar surface area (TPSA) is 94.3 Å². The zero-order valence-electron chi connectivity index (χ0n) is 9.81. The lowest BCUT2D eigenvalue weighted by molar-refractivity contribution is 0.0927. The maximum absolute atomic E-state index is 11.7. The molecule has 0 aliphatic heterocycles. The van der Waals surface area contributed by atoms with Gasteiger partial charge in [-0.25, -0.2) is 5.84 Å². The molecule has 5 nitrogen and oxygen atoms in total. The second kappa shape index (κ2) is 5.90. The minimum absolute atomic E-state index is 0.281. The van der Waals surface area contributed by atoms with Crippen molar-refractivity contribution < 1.29 is 9.21 Å². The Balaban J connectivity index is 2.41. The van der Waals surface area contributed by atoms with Gasteiger partial charge >= 0.3 is 5.91 Å². The standard InChI is InChI=1S/C12H15N3O2S/c13-5-6-18-7-9-8-3-1-2-4-10(8)17-11(9)12(16)15-14/h1-4H,5-7,13-14H2,(H,15,16). The number of amides is 1. The second-order valence-electron chi connectivity index (χ2n) is 3.72. The van der Waals surface area contributed by atoms with Crippen LogP contribution in [-0.2, 0) is 5.75 Å². The predicted octanol–water partition coefficient (Wildman–Crippen LogP) is 1.23. The minimum Gasteiger partial charge on any atom is -0.451 e. The maximum Gasteiger partial charge on any atom is 0.301 e. The molecule has 0 atom stereocenters. The van der Waals surface area contributed by atoms with E-state index in [1.54, 1.807) is 11.8 Å². The van der Waals surface area contributed by atoms with E-state index in [1.807, 2.05) is 24.3 Å². The van der Waals surface area contributed by atoms with Gasteiger partial charge in [0.2, 0.25) is 0 Å². The summed E-state index contributed by atoms with van der Waals surface area (Å²) in [5.74, 6) is 6.55. The third-order valence-corrected chi connectivity index (χ3v) is 3.56. The zero-order valence-corrected chi connectivity index (χ0v) is 10.6. The number of thioether (sulfide) groups is 1. The number of hydrazine groups is 1. The Morgan fingerprint density at radius 2 is 2.17 bits per heavy atom. The van der Waals surface area contributed by atoms with Crippen LogP contribution in [0.5, 0.6) is 0 Å². The molecule has 2 rings (SSSR count). The molecule has 96 valence electrons. The second-order valence-corrected chi connectivity index (χ2v) is 4.83. The van der Waals surface area contributed by atoms with Crippen LogP contribution in [0.25, 0.3) is 11.0 Å². The lowest BCUT2D eigenvalue weighted by Gasteiger charge is -2.01. The van der Waals surface area contributed by atoms with Crippen molar-refractivity contribution >= 4 is 28.6 Å². The summed E-state index contributed by atoms with van der Waals surface area (Å²) in [6.07, 6.45) is 0. The van der Waals surface area contributed by atoms with Crippen LogP contribution in [0.2, 0.25) is 0 Å². The van der Waals surface area contributed by atoms with Gasteiger partial charge in [-0.1, -0.05) is 18.2 Å². The molecule has 6 heteroatoms. The number of carbonyl (C=O) groups is 1. The van der Waals surface area contributed by atoms with Crippen molar-refractivity contribution in [1.29, 1.82) is 0 Å². The van der Waals surface area contributed by atoms with Crippen LogP contribution >= 0.6 is 11.8 Å². The number of hydrogen-bond acceptors (Lipinski definition) is 5. The summed E-state index contributed by atoms with van der Waals surface area (Å²) in [5.41, 5.74) is 9.13. The van der Waals surface area contributed by atoms with Crippen molar-refractivity contribution in [2.45, 2.75) is 5.75 Å². The van der Waals surface area contributed by atoms with Crippen molar-refractivity contribution in [3.63, 3.8) is 0 Å². The van der Waals surface area contributed by atoms with Crippen molar-refractivity contribution in [3.05, 3.63) is 35.6 Å². The first kappa shape index (κ1) is 12.9. The summed E-state index contributed by atoms with van der Waals surface area (Å²) in [4.78, 5) is 11.7. The molecule has 18 heavy (non-hydrogen) atoms. The van der Waals surface area contributed by atoms with E-state index >= 15 is 0 Å². The molecule has 0 aliphatic rings. The monoisotopic (exact) mass is 265 g/mol. The smallest absolute Gasteiger partial charge is 0.301 e. The van der Waals surface area contributed by atoms with E-state index < -0.39 is 5.91 Å². The molecule has 0 bridgehead atoms. The highest BCUT2D eigenvalue weighted by atomic mass is 32.2. The number of nitrogens with one attached hydrogen (secondary N) is 1. The summed E-state index contributed by atoms with van der Waals surface area (Å²) in [6.45, 7) is 0.610. The molecule has 0 saturated carbocycles. The average molecular weight is 265 g/mol. The quantitative estimate of drug-likeness (QED) is 0.327. The van der Waals surface area contributed by atoms with Gasteiger partial charge in [-0.15, -0.1) is 0 Å². The van der Waals surface area contributed by atoms with Crippen LogP contribution in [0.3, 0.4) is 0 Å². The van der Waals surface area contributed by atoms with Crippen molar-refractivity contribution in [2.24, 2.45) is 11.6 Å². The molecule has 0 saturated heterocycles. The van der Waals surface area contributed by atoms with Gasteiger partial charge in [-0.2, -0.15) is 11.8 Å². The van der Waals surface area contributed by atoms with Crippen LogP contribution in [0.15, 0.2) is 28.7 Å². The highest BCUT2D eigenvalue weighted by Gasteiger charge is 2.19. The van der Waals surface area contributed by atoms with Crippen molar-refractivity contribution in [1.82, 2.24) is 5.43 Å². The van der Waals surface area contributed by atoms with Gasteiger partial charge in [0.05, 0.1) is 0 Å². The highest BCUT2D eigenvalue weighted by molar-refractivity contribution is 7.98. The molecule has 0 fully saturated rings. The van der Waals surface area contributed by atoms with E-state index in [9.17, 15) is 4.79 Å². The fourth-order valence-electron chi connectivity index (χ4n) is 1.75. The van der Waals surface area contributed by atoms with Crippen LogP contribution < -0.4 is 17.0 Å². The van der Waals surface area contributed by atoms with E-state index in [0.717, 1.165) is 16.7 Å². The third kappa shape index (κ3) is 2.50. The number of hydrogen-bond donors (Lipinski definition) is 3. The summed E-state index contributed by atoms with van der Waals surface area (Å²) >= 11 is 1.66. The van der Waals surface area contributed by atoms with Gasteiger partial charge in [0.1, 0.15) is 5.58 Å². The SMILES string of the molecule is NCCSCc1c(C(=O)NN)oc2ccccc12. The van der Waals surface area contributed by atoms with E-state index in [1.165, 1.54) is 0 Å². The van der Waals surface area contributed by atoms with E-state index in [4.69, 9.17) is 16.0 Å². The molecule has 2 aromatic rings. The first-order chi connectivity index (χ1) is 8.77. The molecule has 5 N–H and O–H groups in total. The fraction of sp³-hybridized carbons (Fsp3) is 0.250. The number of furan rings is 1. The first-order valence-corrected chi connectivity index (χ1v) is 6.72. The van der Waals surface area contributed by atoms with Crippen molar-refractivity contribution in [3.8, 4) is 0 Å². The first-order valence-electron chi connectivity index (χ1n) is 5.57. The average Bonchev–Trinajstić information content (AvgIpc) is 2.77. The summed E-state index contributed by atoms with van der Waals surface area (Å²) in [5, 5.41) is 0.945. The molecule has 1 aromatic heterocycles. The minimum atomic E-state index is -0.408. The number of nitrogens with two attached hydrogens (primary N) is 2. The van der Waals surface area contributed by atoms with Gasteiger partial charge in [0, 0.05) is 29.0 Å². The number of fused-ring (bicyclic) bond motifs is 1. The Labute approximate surface area is 109 Å². The Kier molecular flexibility index (Phi) is 4.24. The molecular formula is C12H15N3O2S. The predicted molar refractivity (Wildman–Crippen MR) is 73.1 cm³/mol. The number of benzene rings is 1.